The smallest absolute Gasteiger partial charge is 0.229 e. The number of benzene rings is 1. The van der Waals surface area contributed by atoms with E-state index < -0.39 is 0 Å². The molecule has 1 aromatic carbocycles. The van der Waals surface area contributed by atoms with Crippen LogP contribution in [0.3, 0.4) is 0 Å². The number of anilines is 1. The fourth-order valence-corrected chi connectivity index (χ4v) is 1.96. The zero-order valence-corrected chi connectivity index (χ0v) is 10.0. The van der Waals surface area contributed by atoms with E-state index in [2.05, 4.69) is 10.6 Å². The number of hydrogen-bond acceptors (Lipinski definition) is 3. The van der Waals surface area contributed by atoms with Crippen LogP contribution in [0.1, 0.15) is 12.0 Å². The minimum atomic E-state index is -0.00218. The molecule has 0 radical (unpaired) electrons. The van der Waals surface area contributed by atoms with E-state index in [0.29, 0.717) is 13.2 Å². The summed E-state index contributed by atoms with van der Waals surface area (Å²) in [7, 11) is 1.89. The number of hydrogen-bond donors (Lipinski definition) is 2. The molecule has 1 fully saturated rings. The molecule has 1 aliphatic rings. The van der Waals surface area contributed by atoms with Gasteiger partial charge in [0.2, 0.25) is 5.91 Å². The highest BCUT2D eigenvalue weighted by atomic mass is 16.5. The number of nitrogens with one attached hydrogen (secondary N) is 2. The van der Waals surface area contributed by atoms with E-state index in [-0.39, 0.29) is 11.8 Å². The summed E-state index contributed by atoms with van der Waals surface area (Å²) in [5, 5.41) is 6.07. The van der Waals surface area contributed by atoms with E-state index in [0.717, 1.165) is 24.2 Å². The third kappa shape index (κ3) is 3.05. The van der Waals surface area contributed by atoms with Crippen molar-refractivity contribution in [2.75, 3.05) is 25.6 Å². The predicted molar refractivity (Wildman–Crippen MR) is 66.8 cm³/mol. The average molecular weight is 234 g/mol. The van der Waals surface area contributed by atoms with Crippen molar-refractivity contribution in [2.45, 2.75) is 13.0 Å². The maximum atomic E-state index is 12.0. The first-order chi connectivity index (χ1) is 8.31. The predicted octanol–water partition coefficient (Wildman–Crippen LogP) is 1.38. The van der Waals surface area contributed by atoms with Crippen molar-refractivity contribution in [1.82, 2.24) is 5.32 Å². The lowest BCUT2D eigenvalue weighted by atomic mass is 10.1. The Morgan fingerprint density at radius 1 is 1.47 bits per heavy atom. The minimum Gasteiger partial charge on any atom is -0.381 e. The molecule has 1 amide bonds. The fourth-order valence-electron chi connectivity index (χ4n) is 1.96. The molecule has 0 aromatic heterocycles. The van der Waals surface area contributed by atoms with Crippen molar-refractivity contribution in [3.8, 4) is 0 Å². The third-order valence-corrected chi connectivity index (χ3v) is 2.94. The van der Waals surface area contributed by atoms with Crippen LogP contribution in [-0.2, 0) is 16.1 Å². The Balaban J connectivity index is 2.04. The molecule has 4 nitrogen and oxygen atoms in total. The van der Waals surface area contributed by atoms with Gasteiger partial charge in [-0.25, -0.2) is 0 Å². The average Bonchev–Trinajstić information content (AvgIpc) is 2.85. The summed E-state index contributed by atoms with van der Waals surface area (Å²) in [6, 6.07) is 7.85. The lowest BCUT2D eigenvalue weighted by molar-refractivity contribution is -0.119. The first-order valence-electron chi connectivity index (χ1n) is 5.92. The Hall–Kier alpha value is -1.39. The van der Waals surface area contributed by atoms with Crippen molar-refractivity contribution in [1.29, 1.82) is 0 Å². The van der Waals surface area contributed by atoms with Gasteiger partial charge in [0.05, 0.1) is 12.5 Å². The molecule has 1 aromatic rings. The molecule has 2 N–H and O–H groups in total. The summed E-state index contributed by atoms with van der Waals surface area (Å²) in [4.78, 5) is 12.0. The Morgan fingerprint density at radius 2 is 2.29 bits per heavy atom. The van der Waals surface area contributed by atoms with Gasteiger partial charge in [0.25, 0.3) is 0 Å². The lowest BCUT2D eigenvalue weighted by Gasteiger charge is -2.13. The van der Waals surface area contributed by atoms with Crippen molar-refractivity contribution in [3.63, 3.8) is 0 Å². The van der Waals surface area contributed by atoms with Crippen LogP contribution in [0.5, 0.6) is 0 Å². The molecule has 1 atom stereocenters. The second-order valence-electron chi connectivity index (χ2n) is 4.24. The topological polar surface area (TPSA) is 50.4 Å². The van der Waals surface area contributed by atoms with E-state index in [1.54, 1.807) is 0 Å². The van der Waals surface area contributed by atoms with Gasteiger partial charge >= 0.3 is 0 Å². The summed E-state index contributed by atoms with van der Waals surface area (Å²) in [6.45, 7) is 1.98. The van der Waals surface area contributed by atoms with Crippen LogP contribution in [-0.4, -0.2) is 26.2 Å². The van der Waals surface area contributed by atoms with Crippen molar-refractivity contribution in [2.24, 2.45) is 5.92 Å². The van der Waals surface area contributed by atoms with Crippen molar-refractivity contribution >= 4 is 11.6 Å². The van der Waals surface area contributed by atoms with E-state index in [1.807, 2.05) is 31.3 Å². The number of para-hydroxylation sites is 1. The van der Waals surface area contributed by atoms with Gasteiger partial charge < -0.3 is 15.4 Å². The molecule has 2 rings (SSSR count). The molecular formula is C13H18N2O2. The molecule has 1 aliphatic heterocycles. The number of ether oxygens (including phenoxy) is 1. The molecule has 1 unspecified atom stereocenters. The summed E-state index contributed by atoms with van der Waals surface area (Å²) >= 11 is 0. The second-order valence-corrected chi connectivity index (χ2v) is 4.24. The van der Waals surface area contributed by atoms with Gasteiger partial charge in [0.1, 0.15) is 0 Å². The Bertz CT molecular complexity index is 387. The fraction of sp³-hybridized carbons (Fsp3) is 0.462. The zero-order chi connectivity index (χ0) is 12.1. The molecule has 0 bridgehead atoms. The van der Waals surface area contributed by atoms with Crippen LogP contribution >= 0.6 is 0 Å². The molecule has 1 saturated heterocycles. The molecular weight excluding hydrogens is 216 g/mol. The highest BCUT2D eigenvalue weighted by Crippen LogP contribution is 2.19. The quantitative estimate of drug-likeness (QED) is 0.827. The van der Waals surface area contributed by atoms with E-state index in [1.165, 1.54) is 0 Å². The van der Waals surface area contributed by atoms with Gasteiger partial charge in [0, 0.05) is 18.8 Å². The van der Waals surface area contributed by atoms with E-state index >= 15 is 0 Å². The normalized spacial score (nSPS) is 19.2. The van der Waals surface area contributed by atoms with E-state index in [9.17, 15) is 4.79 Å². The monoisotopic (exact) mass is 234 g/mol. The van der Waals surface area contributed by atoms with E-state index in [4.69, 9.17) is 4.74 Å². The Morgan fingerprint density at radius 3 is 3.00 bits per heavy atom. The maximum Gasteiger partial charge on any atom is 0.229 e. The van der Waals surface area contributed by atoms with Crippen LogP contribution < -0.4 is 10.6 Å². The SMILES string of the molecule is CNCc1ccccc1NC(=O)C1CCOC1. The number of amides is 1. The summed E-state index contributed by atoms with van der Waals surface area (Å²) < 4.78 is 5.22. The number of rotatable bonds is 4. The van der Waals surface area contributed by atoms with Crippen LogP contribution in [0.2, 0.25) is 0 Å². The van der Waals surface area contributed by atoms with Gasteiger partial charge in [-0.1, -0.05) is 18.2 Å². The van der Waals surface area contributed by atoms with Crippen molar-refractivity contribution in [3.05, 3.63) is 29.8 Å². The Kier molecular flexibility index (Phi) is 4.12. The van der Waals surface area contributed by atoms with Crippen LogP contribution in [0.4, 0.5) is 5.69 Å². The largest absolute Gasteiger partial charge is 0.381 e. The van der Waals surface area contributed by atoms with Crippen LogP contribution in [0.15, 0.2) is 24.3 Å². The molecule has 0 spiro atoms. The standard InChI is InChI=1S/C13H18N2O2/c1-14-8-10-4-2-3-5-12(10)15-13(16)11-6-7-17-9-11/h2-5,11,14H,6-9H2,1H3,(H,15,16). The van der Waals surface area contributed by atoms with Gasteiger partial charge in [-0.2, -0.15) is 0 Å². The highest BCUT2D eigenvalue weighted by Gasteiger charge is 2.23. The van der Waals surface area contributed by atoms with Crippen molar-refractivity contribution < 1.29 is 9.53 Å². The molecule has 0 aliphatic carbocycles. The first kappa shape index (κ1) is 12.1. The van der Waals surface area contributed by atoms with Gasteiger partial charge in [-0.15, -0.1) is 0 Å². The summed E-state index contributed by atoms with van der Waals surface area (Å²) in [6.07, 6.45) is 0.819. The second kappa shape index (κ2) is 5.80. The lowest BCUT2D eigenvalue weighted by Crippen LogP contribution is -2.23. The molecule has 1 heterocycles. The summed E-state index contributed by atoms with van der Waals surface area (Å²) in [5.41, 5.74) is 1.99. The number of carbonyl (C=O) groups excluding carboxylic acids is 1. The minimum absolute atomic E-state index is 0.00218. The third-order valence-electron chi connectivity index (χ3n) is 2.94. The van der Waals surface area contributed by atoms with Gasteiger partial charge in [0.15, 0.2) is 0 Å². The summed E-state index contributed by atoms with van der Waals surface area (Å²) in [5.74, 6) is 0.0590. The molecule has 17 heavy (non-hydrogen) atoms. The first-order valence-corrected chi connectivity index (χ1v) is 5.92. The molecule has 0 saturated carbocycles. The number of carbonyl (C=O) groups is 1. The maximum absolute atomic E-state index is 12.0. The van der Waals surface area contributed by atoms with Gasteiger partial charge in [-0.3, -0.25) is 4.79 Å². The Labute approximate surface area is 101 Å². The highest BCUT2D eigenvalue weighted by molar-refractivity contribution is 5.93. The van der Waals surface area contributed by atoms with Crippen LogP contribution in [0, 0.1) is 5.92 Å². The zero-order valence-electron chi connectivity index (χ0n) is 10.0. The molecule has 92 valence electrons. The molecule has 4 heteroatoms. The van der Waals surface area contributed by atoms with Crippen LogP contribution in [0.25, 0.3) is 0 Å². The van der Waals surface area contributed by atoms with Gasteiger partial charge in [-0.05, 0) is 25.1 Å².